The van der Waals surface area contributed by atoms with E-state index < -0.39 is 0 Å². The van der Waals surface area contributed by atoms with E-state index in [0.717, 1.165) is 29.2 Å². The summed E-state index contributed by atoms with van der Waals surface area (Å²) in [7, 11) is 1.91. The fourth-order valence-corrected chi connectivity index (χ4v) is 3.32. The fourth-order valence-electron chi connectivity index (χ4n) is 2.41. The van der Waals surface area contributed by atoms with Gasteiger partial charge in [0.25, 0.3) is 5.91 Å². The lowest BCUT2D eigenvalue weighted by atomic mass is 10.1. The highest BCUT2D eigenvalue weighted by Crippen LogP contribution is 2.34. The Kier molecular flexibility index (Phi) is 5.72. The molecule has 0 radical (unpaired) electrons. The maximum absolute atomic E-state index is 12.4. The Morgan fingerprint density at radius 2 is 2.27 bits per heavy atom. The van der Waals surface area contributed by atoms with Crippen molar-refractivity contribution in [1.82, 2.24) is 19.7 Å². The molecule has 0 aliphatic carbocycles. The highest BCUT2D eigenvalue weighted by atomic mass is 32.2. The van der Waals surface area contributed by atoms with E-state index in [1.807, 2.05) is 42.8 Å². The number of benzene rings is 1. The summed E-state index contributed by atoms with van der Waals surface area (Å²) >= 11 is 1.61. The Hall–Kier alpha value is -2.61. The Bertz CT molecular complexity index is 889. The number of hydrogen-bond donors (Lipinski definition) is 1. The van der Waals surface area contributed by atoms with Gasteiger partial charge in [0.2, 0.25) is 0 Å². The Morgan fingerprint density at radius 3 is 3.00 bits per heavy atom. The number of nitrogens with zero attached hydrogens (tertiary/aromatic N) is 4. The van der Waals surface area contributed by atoms with Crippen LogP contribution in [-0.2, 0) is 13.5 Å². The van der Waals surface area contributed by atoms with Crippen molar-refractivity contribution in [2.24, 2.45) is 7.05 Å². The average Bonchev–Trinajstić information content (AvgIpc) is 3.25. The van der Waals surface area contributed by atoms with Crippen LogP contribution >= 0.6 is 11.8 Å². The summed E-state index contributed by atoms with van der Waals surface area (Å²) in [5.74, 6) is 0.307. The molecule has 26 heavy (non-hydrogen) atoms. The third-order valence-corrected chi connectivity index (χ3v) is 5.02. The molecule has 0 saturated carbocycles. The second kappa shape index (κ2) is 8.18. The number of amides is 1. The molecule has 0 fully saturated rings. The smallest absolute Gasteiger partial charge is 0.277 e. The topological polar surface area (TPSA) is 85.8 Å². The SMILES string of the molecule is CCCc1nc(C(=O)Nc2cccc(C(C)Sc3nncn3C)c2)co1. The number of aromatic nitrogens is 4. The van der Waals surface area contributed by atoms with Crippen molar-refractivity contribution in [2.45, 2.75) is 37.1 Å². The third kappa shape index (κ3) is 4.32. The van der Waals surface area contributed by atoms with E-state index >= 15 is 0 Å². The number of oxazole rings is 1. The summed E-state index contributed by atoms with van der Waals surface area (Å²) in [5.41, 5.74) is 2.10. The predicted molar refractivity (Wildman–Crippen MR) is 100 cm³/mol. The first kappa shape index (κ1) is 18.2. The first-order valence-corrected chi connectivity index (χ1v) is 9.31. The van der Waals surface area contributed by atoms with Gasteiger partial charge in [0, 0.05) is 24.4 Å². The largest absolute Gasteiger partial charge is 0.448 e. The number of thioether (sulfide) groups is 1. The summed E-state index contributed by atoms with van der Waals surface area (Å²) < 4.78 is 7.19. The van der Waals surface area contributed by atoms with Gasteiger partial charge in [-0.15, -0.1) is 10.2 Å². The monoisotopic (exact) mass is 371 g/mol. The van der Waals surface area contributed by atoms with Crippen molar-refractivity contribution in [2.75, 3.05) is 5.32 Å². The highest BCUT2D eigenvalue weighted by Gasteiger charge is 2.14. The van der Waals surface area contributed by atoms with E-state index in [2.05, 4.69) is 27.4 Å². The van der Waals surface area contributed by atoms with Gasteiger partial charge >= 0.3 is 0 Å². The van der Waals surface area contributed by atoms with E-state index in [1.165, 1.54) is 6.26 Å². The van der Waals surface area contributed by atoms with E-state index in [-0.39, 0.29) is 11.2 Å². The lowest BCUT2D eigenvalue weighted by Crippen LogP contribution is -2.12. The van der Waals surface area contributed by atoms with Gasteiger partial charge in [0.1, 0.15) is 12.6 Å². The minimum Gasteiger partial charge on any atom is -0.448 e. The lowest BCUT2D eigenvalue weighted by Gasteiger charge is -2.12. The molecule has 1 amide bonds. The fraction of sp³-hybridized carbons (Fsp3) is 0.333. The van der Waals surface area contributed by atoms with Crippen molar-refractivity contribution in [3.05, 3.63) is 54.0 Å². The van der Waals surface area contributed by atoms with Gasteiger partial charge in [0.05, 0.1) is 0 Å². The molecule has 136 valence electrons. The van der Waals surface area contributed by atoms with Gasteiger partial charge in [-0.05, 0) is 31.0 Å². The van der Waals surface area contributed by atoms with Gasteiger partial charge in [0.15, 0.2) is 16.7 Å². The second-order valence-corrected chi connectivity index (χ2v) is 7.25. The number of carbonyl (C=O) groups is 1. The van der Waals surface area contributed by atoms with Gasteiger partial charge in [-0.1, -0.05) is 30.8 Å². The zero-order valence-corrected chi connectivity index (χ0v) is 15.8. The molecule has 1 atom stereocenters. The molecule has 7 nitrogen and oxygen atoms in total. The first-order chi connectivity index (χ1) is 12.6. The molecule has 3 rings (SSSR count). The maximum Gasteiger partial charge on any atom is 0.277 e. The van der Waals surface area contributed by atoms with Gasteiger partial charge < -0.3 is 14.3 Å². The van der Waals surface area contributed by atoms with E-state index in [4.69, 9.17) is 4.42 Å². The molecule has 2 aromatic heterocycles. The average molecular weight is 371 g/mol. The summed E-state index contributed by atoms with van der Waals surface area (Å²) in [4.78, 5) is 16.6. The summed E-state index contributed by atoms with van der Waals surface area (Å²) in [6, 6.07) is 7.76. The van der Waals surface area contributed by atoms with Crippen molar-refractivity contribution in [3.8, 4) is 0 Å². The van der Waals surface area contributed by atoms with Crippen LogP contribution in [0.1, 0.15) is 47.5 Å². The number of hydrogen-bond acceptors (Lipinski definition) is 6. The second-order valence-electron chi connectivity index (χ2n) is 5.94. The third-order valence-electron chi connectivity index (χ3n) is 3.81. The molecule has 0 bridgehead atoms. The van der Waals surface area contributed by atoms with Gasteiger partial charge in [-0.25, -0.2) is 4.98 Å². The standard InChI is InChI=1S/C18H21N5O2S/c1-4-6-16-21-15(10-25-16)17(24)20-14-8-5-7-13(9-14)12(2)26-18-22-19-11-23(18)3/h5,7-12H,4,6H2,1-3H3,(H,20,24). The minimum absolute atomic E-state index is 0.165. The van der Waals surface area contributed by atoms with Crippen LogP contribution in [-0.4, -0.2) is 25.7 Å². The van der Waals surface area contributed by atoms with Crippen molar-refractivity contribution in [1.29, 1.82) is 0 Å². The number of anilines is 1. The highest BCUT2D eigenvalue weighted by molar-refractivity contribution is 7.99. The molecular formula is C18H21N5O2S. The number of rotatable bonds is 7. The van der Waals surface area contributed by atoms with Gasteiger partial charge in [-0.2, -0.15) is 0 Å². The Balaban J connectivity index is 1.68. The molecule has 8 heteroatoms. The van der Waals surface area contributed by atoms with Crippen LogP contribution < -0.4 is 5.32 Å². The van der Waals surface area contributed by atoms with E-state index in [9.17, 15) is 4.79 Å². The summed E-state index contributed by atoms with van der Waals surface area (Å²) in [5, 5.41) is 11.9. The lowest BCUT2D eigenvalue weighted by molar-refractivity contribution is 0.102. The van der Waals surface area contributed by atoms with Crippen LogP contribution in [0, 0.1) is 0 Å². The van der Waals surface area contributed by atoms with Crippen LogP contribution in [0.2, 0.25) is 0 Å². The molecule has 0 spiro atoms. The van der Waals surface area contributed by atoms with Crippen molar-refractivity contribution >= 4 is 23.4 Å². The number of nitrogens with one attached hydrogen (secondary N) is 1. The van der Waals surface area contributed by atoms with Crippen molar-refractivity contribution in [3.63, 3.8) is 0 Å². The Morgan fingerprint density at radius 1 is 1.42 bits per heavy atom. The first-order valence-electron chi connectivity index (χ1n) is 8.43. The quantitative estimate of drug-likeness (QED) is 0.635. The molecule has 0 aliphatic rings. The van der Waals surface area contributed by atoms with Crippen LogP contribution in [0.3, 0.4) is 0 Å². The number of carbonyl (C=O) groups excluding carboxylic acids is 1. The van der Waals surface area contributed by atoms with E-state index in [1.54, 1.807) is 18.1 Å². The molecule has 1 N–H and O–H groups in total. The normalized spacial score (nSPS) is 12.1. The summed E-state index contributed by atoms with van der Waals surface area (Å²) in [6.07, 6.45) is 4.72. The number of aryl methyl sites for hydroxylation is 2. The van der Waals surface area contributed by atoms with Crippen LogP contribution in [0.5, 0.6) is 0 Å². The van der Waals surface area contributed by atoms with E-state index in [0.29, 0.717) is 11.6 Å². The van der Waals surface area contributed by atoms with Gasteiger partial charge in [-0.3, -0.25) is 4.79 Å². The van der Waals surface area contributed by atoms with Crippen LogP contribution in [0.4, 0.5) is 5.69 Å². The molecule has 2 heterocycles. The molecule has 1 aromatic carbocycles. The molecule has 0 saturated heterocycles. The Labute approximate surface area is 156 Å². The molecule has 3 aromatic rings. The molecular weight excluding hydrogens is 350 g/mol. The van der Waals surface area contributed by atoms with Crippen LogP contribution in [0.25, 0.3) is 0 Å². The van der Waals surface area contributed by atoms with Crippen molar-refractivity contribution < 1.29 is 9.21 Å². The zero-order valence-electron chi connectivity index (χ0n) is 15.0. The minimum atomic E-state index is -0.276. The summed E-state index contributed by atoms with van der Waals surface area (Å²) in [6.45, 7) is 4.13. The molecule has 1 unspecified atom stereocenters. The predicted octanol–water partition coefficient (Wildman–Crippen LogP) is 3.86. The van der Waals surface area contributed by atoms with Crippen LogP contribution in [0.15, 0.2) is 46.4 Å². The molecule has 0 aliphatic heterocycles. The maximum atomic E-state index is 12.4. The zero-order chi connectivity index (χ0) is 18.5.